The SMILES string of the molecule is COc1cc(/C=C2/NC(=O)N(Cc3cccc(C)c3)C2=O)cc(I)c1OCc1ccc(Cl)c(Cl)c1. The van der Waals surface area contributed by atoms with Crippen LogP contribution >= 0.6 is 45.8 Å². The number of carbonyl (C=O) groups is 2. The van der Waals surface area contributed by atoms with Crippen LogP contribution in [0.3, 0.4) is 0 Å². The third kappa shape index (κ3) is 5.91. The first-order valence-electron chi connectivity index (χ1n) is 10.6. The number of urea groups is 1. The summed E-state index contributed by atoms with van der Waals surface area (Å²) in [6.45, 7) is 2.44. The van der Waals surface area contributed by atoms with Crippen LogP contribution in [-0.4, -0.2) is 23.9 Å². The van der Waals surface area contributed by atoms with Gasteiger partial charge in [-0.2, -0.15) is 0 Å². The predicted octanol–water partition coefficient (Wildman–Crippen LogP) is 6.59. The van der Waals surface area contributed by atoms with Gasteiger partial charge in [0.1, 0.15) is 12.3 Å². The zero-order valence-corrected chi connectivity index (χ0v) is 22.6. The zero-order valence-electron chi connectivity index (χ0n) is 18.9. The maximum absolute atomic E-state index is 12.9. The molecular formula is C26H21Cl2IN2O4. The number of carbonyl (C=O) groups excluding carboxylic acids is 2. The number of nitrogens with zero attached hydrogens (tertiary/aromatic N) is 1. The molecule has 0 aromatic heterocycles. The summed E-state index contributed by atoms with van der Waals surface area (Å²) in [5, 5.41) is 3.60. The summed E-state index contributed by atoms with van der Waals surface area (Å²) in [5.41, 5.74) is 3.69. The van der Waals surface area contributed by atoms with Crippen LogP contribution in [0.15, 0.2) is 60.3 Å². The number of halogens is 3. The number of ether oxygens (including phenoxy) is 2. The van der Waals surface area contributed by atoms with Gasteiger partial charge in [0.2, 0.25) is 0 Å². The molecule has 0 atom stereocenters. The van der Waals surface area contributed by atoms with Crippen molar-refractivity contribution in [1.29, 1.82) is 0 Å². The lowest BCUT2D eigenvalue weighted by atomic mass is 10.1. The second kappa shape index (κ2) is 10.9. The third-order valence-corrected chi connectivity index (χ3v) is 6.86. The van der Waals surface area contributed by atoms with Crippen LogP contribution in [0.5, 0.6) is 11.5 Å². The molecule has 1 fully saturated rings. The lowest BCUT2D eigenvalue weighted by Crippen LogP contribution is -2.30. The van der Waals surface area contributed by atoms with Crippen molar-refractivity contribution in [2.75, 3.05) is 7.11 Å². The molecule has 0 saturated carbocycles. The lowest BCUT2D eigenvalue weighted by Gasteiger charge is -2.14. The molecule has 3 aromatic rings. The van der Waals surface area contributed by atoms with E-state index in [9.17, 15) is 9.59 Å². The molecule has 4 rings (SSSR count). The van der Waals surface area contributed by atoms with Gasteiger partial charge in [-0.25, -0.2) is 4.79 Å². The molecule has 0 bridgehead atoms. The highest BCUT2D eigenvalue weighted by Gasteiger charge is 2.33. The Bertz CT molecular complexity index is 1340. The molecule has 1 saturated heterocycles. The van der Waals surface area contributed by atoms with Gasteiger partial charge in [-0.1, -0.05) is 59.1 Å². The monoisotopic (exact) mass is 622 g/mol. The Kier molecular flexibility index (Phi) is 7.88. The molecule has 1 aliphatic heterocycles. The van der Waals surface area contributed by atoms with Gasteiger partial charge in [0, 0.05) is 0 Å². The molecule has 6 nitrogen and oxygen atoms in total. The first-order chi connectivity index (χ1) is 16.7. The van der Waals surface area contributed by atoms with E-state index >= 15 is 0 Å². The Morgan fingerprint density at radius 3 is 2.54 bits per heavy atom. The number of hydrogen-bond acceptors (Lipinski definition) is 4. The van der Waals surface area contributed by atoms with Crippen molar-refractivity contribution in [3.63, 3.8) is 0 Å². The molecule has 180 valence electrons. The summed E-state index contributed by atoms with van der Waals surface area (Å²) in [5.74, 6) is 0.673. The third-order valence-electron chi connectivity index (χ3n) is 5.32. The van der Waals surface area contributed by atoms with E-state index in [2.05, 4.69) is 27.9 Å². The number of nitrogens with one attached hydrogen (secondary N) is 1. The average Bonchev–Trinajstić information content (AvgIpc) is 3.07. The van der Waals surface area contributed by atoms with Crippen LogP contribution in [-0.2, 0) is 17.9 Å². The Morgan fingerprint density at radius 2 is 1.83 bits per heavy atom. The average molecular weight is 623 g/mol. The molecule has 1 heterocycles. The molecule has 1 aliphatic rings. The van der Waals surface area contributed by atoms with Crippen LogP contribution in [0.4, 0.5) is 4.79 Å². The Labute approximate surface area is 226 Å². The minimum Gasteiger partial charge on any atom is -0.493 e. The number of hydrogen-bond donors (Lipinski definition) is 1. The molecule has 3 aromatic carbocycles. The fraction of sp³-hybridized carbons (Fsp3) is 0.154. The van der Waals surface area contributed by atoms with Crippen LogP contribution in [0, 0.1) is 10.5 Å². The molecule has 0 spiro atoms. The van der Waals surface area contributed by atoms with Crippen molar-refractivity contribution in [2.45, 2.75) is 20.1 Å². The second-order valence-corrected chi connectivity index (χ2v) is 9.92. The van der Waals surface area contributed by atoms with Gasteiger partial charge in [-0.15, -0.1) is 0 Å². The van der Waals surface area contributed by atoms with Crippen molar-refractivity contribution in [3.05, 3.63) is 96.2 Å². The minimum absolute atomic E-state index is 0.199. The number of rotatable bonds is 7. The smallest absolute Gasteiger partial charge is 0.329 e. The van der Waals surface area contributed by atoms with E-state index in [1.165, 1.54) is 4.90 Å². The van der Waals surface area contributed by atoms with Gasteiger partial charge in [0.15, 0.2) is 11.5 Å². The minimum atomic E-state index is -0.453. The highest BCUT2D eigenvalue weighted by atomic mass is 127. The number of amides is 3. The van der Waals surface area contributed by atoms with Crippen LogP contribution in [0.1, 0.15) is 22.3 Å². The van der Waals surface area contributed by atoms with E-state index in [0.717, 1.165) is 20.3 Å². The summed E-state index contributed by atoms with van der Waals surface area (Å²) < 4.78 is 12.3. The van der Waals surface area contributed by atoms with Gasteiger partial charge in [0.05, 0.1) is 27.3 Å². The topological polar surface area (TPSA) is 67.9 Å². The number of benzene rings is 3. The largest absolute Gasteiger partial charge is 0.493 e. The van der Waals surface area contributed by atoms with Crippen LogP contribution in [0.2, 0.25) is 10.0 Å². The van der Waals surface area contributed by atoms with E-state index < -0.39 is 6.03 Å². The molecular weight excluding hydrogens is 602 g/mol. The normalized spacial score (nSPS) is 14.4. The van der Waals surface area contributed by atoms with E-state index in [1.807, 2.05) is 43.3 Å². The Morgan fingerprint density at radius 1 is 1.03 bits per heavy atom. The van der Waals surface area contributed by atoms with Gasteiger partial charge in [0.25, 0.3) is 5.91 Å². The van der Waals surface area contributed by atoms with Gasteiger partial charge >= 0.3 is 6.03 Å². The second-order valence-electron chi connectivity index (χ2n) is 7.94. The number of aryl methyl sites for hydroxylation is 1. The van der Waals surface area contributed by atoms with E-state index in [4.69, 9.17) is 32.7 Å². The first-order valence-corrected chi connectivity index (χ1v) is 12.4. The number of imide groups is 1. The Hall–Kier alpha value is -2.75. The van der Waals surface area contributed by atoms with E-state index in [0.29, 0.717) is 27.1 Å². The maximum Gasteiger partial charge on any atom is 0.329 e. The van der Waals surface area contributed by atoms with Gasteiger partial charge < -0.3 is 14.8 Å². The molecule has 3 amide bonds. The molecule has 9 heteroatoms. The van der Waals surface area contributed by atoms with Crippen LogP contribution in [0.25, 0.3) is 6.08 Å². The lowest BCUT2D eigenvalue weighted by molar-refractivity contribution is -0.123. The van der Waals surface area contributed by atoms with Gasteiger partial charge in [-0.3, -0.25) is 9.69 Å². The quantitative estimate of drug-likeness (QED) is 0.183. The Balaban J connectivity index is 1.53. The van der Waals surface area contributed by atoms with Crippen molar-refractivity contribution < 1.29 is 19.1 Å². The summed E-state index contributed by atoms with van der Waals surface area (Å²) >= 11 is 14.2. The summed E-state index contributed by atoms with van der Waals surface area (Å²) in [7, 11) is 1.54. The van der Waals surface area contributed by atoms with E-state index in [1.54, 1.807) is 31.4 Å². The molecule has 0 radical (unpaired) electrons. The predicted molar refractivity (Wildman–Crippen MR) is 145 cm³/mol. The fourth-order valence-electron chi connectivity index (χ4n) is 3.62. The maximum atomic E-state index is 12.9. The van der Waals surface area contributed by atoms with Crippen molar-refractivity contribution in [2.24, 2.45) is 0 Å². The molecule has 35 heavy (non-hydrogen) atoms. The highest BCUT2D eigenvalue weighted by molar-refractivity contribution is 14.1. The highest BCUT2D eigenvalue weighted by Crippen LogP contribution is 2.36. The summed E-state index contributed by atoms with van der Waals surface area (Å²) in [6.07, 6.45) is 1.63. The van der Waals surface area contributed by atoms with Crippen molar-refractivity contribution in [3.8, 4) is 11.5 Å². The first kappa shape index (κ1) is 25.3. The van der Waals surface area contributed by atoms with Crippen molar-refractivity contribution in [1.82, 2.24) is 10.2 Å². The van der Waals surface area contributed by atoms with Crippen molar-refractivity contribution >= 4 is 63.8 Å². The van der Waals surface area contributed by atoms with Gasteiger partial charge in [-0.05, 0) is 76.5 Å². The standard InChI is InChI=1S/C26H21Cl2IN2O4/c1-15-4-3-5-16(8-15)13-31-25(32)22(30-26(31)33)11-18-10-21(29)24(23(12-18)34-2)35-14-17-6-7-19(27)20(28)9-17/h3-12H,13-14H2,1-2H3,(H,30,33)/b22-11+. The molecule has 0 aliphatic carbocycles. The molecule has 1 N–H and O–H groups in total. The summed E-state index contributed by atoms with van der Waals surface area (Å²) in [4.78, 5) is 26.6. The fourth-order valence-corrected chi connectivity index (χ4v) is 4.72. The zero-order chi connectivity index (χ0) is 25.1. The van der Waals surface area contributed by atoms with E-state index in [-0.39, 0.29) is 24.8 Å². The number of methoxy groups -OCH3 is 1. The van der Waals surface area contributed by atoms with Crippen LogP contribution < -0.4 is 14.8 Å². The summed E-state index contributed by atoms with van der Waals surface area (Å²) in [6, 6.07) is 16.2. The molecule has 0 unspecified atom stereocenters.